The van der Waals surface area contributed by atoms with Gasteiger partial charge in [0.1, 0.15) is 22.9 Å². The standard InChI is InChI=1S/C44H66FN7O9S/c1-12-33-44(8)35(52(41(56)61-44)20-16-15-19-51-24-30(48-49-51)38-47-29-17-13-14-18-32(29)62-38)28(5)46-23-25(2)22-42(6,57-11)37(27(4)36(54)43(7,45)40(55)59-33)60-39-34(53)31(50(9)10)21-26(3)58-39/h13-14,17-18,24-28,31,33-35,37,39,46,53H,12,15-16,19-23H2,1-11H3/t25-,26?,27+,28-,31?,33-,34?,35-,37-,39+,42-,43?,44-/m1/s1. The second-order valence-corrected chi connectivity index (χ2v) is 19.4. The van der Waals surface area contributed by atoms with Crippen LogP contribution in [0.3, 0.4) is 0 Å². The average molecular weight is 888 g/mol. The molecule has 344 valence electrons. The molecule has 4 unspecified atom stereocenters. The lowest BCUT2D eigenvalue weighted by Crippen LogP contribution is -2.61. The predicted molar refractivity (Wildman–Crippen MR) is 231 cm³/mol. The number of halogens is 1. The molecule has 3 aliphatic rings. The van der Waals surface area contributed by atoms with Crippen molar-refractivity contribution < 1.29 is 47.6 Å². The van der Waals surface area contributed by atoms with Gasteiger partial charge in [0, 0.05) is 38.2 Å². The maximum atomic E-state index is 17.0. The topological polar surface area (TPSA) is 180 Å². The number of carbonyl (C=O) groups is 3. The summed E-state index contributed by atoms with van der Waals surface area (Å²) < 4.78 is 50.8. The van der Waals surface area contributed by atoms with E-state index in [0.29, 0.717) is 51.0 Å². The Hall–Kier alpha value is -3.65. The third-order valence-electron chi connectivity index (χ3n) is 13.2. The molecule has 0 aliphatic carbocycles. The maximum Gasteiger partial charge on any atom is 0.410 e. The number of ketones is 1. The Balaban J connectivity index is 1.23. The van der Waals surface area contributed by atoms with Crippen molar-refractivity contribution in [1.82, 2.24) is 35.1 Å². The van der Waals surface area contributed by atoms with Crippen LogP contribution in [0.1, 0.15) is 87.5 Å². The summed E-state index contributed by atoms with van der Waals surface area (Å²) in [5.74, 6) is -3.85. The molecule has 1 amide bonds. The quantitative estimate of drug-likeness (QED) is 0.142. The van der Waals surface area contributed by atoms with Gasteiger partial charge in [0.05, 0.1) is 40.3 Å². The number of amides is 1. The zero-order valence-electron chi connectivity index (χ0n) is 38.0. The lowest BCUT2D eigenvalue weighted by Gasteiger charge is -2.47. The number of aliphatic hydroxyl groups excluding tert-OH is 1. The number of alkyl halides is 1. The monoisotopic (exact) mass is 887 g/mol. The van der Waals surface area contributed by atoms with E-state index in [2.05, 4.69) is 20.6 Å². The van der Waals surface area contributed by atoms with E-state index in [0.717, 1.165) is 22.1 Å². The second-order valence-electron chi connectivity index (χ2n) is 18.4. The number of carbonyl (C=O) groups excluding carboxylic acids is 3. The number of thiazole rings is 1. The van der Waals surface area contributed by atoms with Crippen molar-refractivity contribution in [3.05, 3.63) is 30.5 Å². The molecule has 3 aromatic rings. The van der Waals surface area contributed by atoms with Gasteiger partial charge in [0.25, 0.3) is 5.67 Å². The van der Waals surface area contributed by atoms with Gasteiger partial charge in [0.2, 0.25) is 0 Å². The van der Waals surface area contributed by atoms with Gasteiger partial charge in [-0.1, -0.05) is 38.1 Å². The minimum Gasteiger partial charge on any atom is -0.455 e. The van der Waals surface area contributed by atoms with E-state index in [1.54, 1.807) is 41.7 Å². The number of hydrogen-bond acceptors (Lipinski definition) is 15. The minimum absolute atomic E-state index is 0.115. The van der Waals surface area contributed by atoms with E-state index in [9.17, 15) is 19.5 Å². The summed E-state index contributed by atoms with van der Waals surface area (Å²) in [6, 6.07) is 6.56. The molecule has 3 aliphatic heterocycles. The summed E-state index contributed by atoms with van der Waals surface area (Å²) in [7, 11) is 5.21. The summed E-state index contributed by atoms with van der Waals surface area (Å²) in [6.45, 7) is 14.8. The first kappa shape index (κ1) is 47.8. The molecule has 2 aromatic heterocycles. The number of nitrogens with zero attached hydrogens (tertiary/aromatic N) is 6. The fourth-order valence-corrected chi connectivity index (χ4v) is 10.6. The number of hydrogen-bond donors (Lipinski definition) is 2. The highest BCUT2D eigenvalue weighted by Crippen LogP contribution is 2.41. The van der Waals surface area contributed by atoms with Gasteiger partial charge < -0.3 is 39.0 Å². The van der Waals surface area contributed by atoms with Crippen molar-refractivity contribution in [1.29, 1.82) is 0 Å². The van der Waals surface area contributed by atoms with Crippen molar-refractivity contribution in [2.24, 2.45) is 11.8 Å². The van der Waals surface area contributed by atoms with Crippen molar-refractivity contribution >= 4 is 39.4 Å². The smallest absolute Gasteiger partial charge is 0.410 e. The number of Topliss-reactive ketones (excluding diaryl/α,β-unsaturated/α-hetero) is 1. The molecule has 0 saturated carbocycles. The Morgan fingerprint density at radius 3 is 2.47 bits per heavy atom. The van der Waals surface area contributed by atoms with Crippen LogP contribution in [-0.2, 0) is 39.8 Å². The number of esters is 1. The highest BCUT2D eigenvalue weighted by molar-refractivity contribution is 7.21. The first-order valence-electron chi connectivity index (χ1n) is 21.9. The van der Waals surface area contributed by atoms with Crippen LogP contribution < -0.4 is 5.32 Å². The third-order valence-corrected chi connectivity index (χ3v) is 14.2. The molecule has 3 saturated heterocycles. The minimum atomic E-state index is -3.13. The number of nitrogens with one attached hydrogen (secondary N) is 1. The van der Waals surface area contributed by atoms with Gasteiger partial charge >= 0.3 is 12.1 Å². The molecule has 0 spiro atoms. The molecule has 2 N–H and O–H groups in total. The van der Waals surface area contributed by atoms with Crippen LogP contribution in [0.25, 0.3) is 20.9 Å². The van der Waals surface area contributed by atoms with Crippen molar-refractivity contribution in [3.63, 3.8) is 0 Å². The Morgan fingerprint density at radius 2 is 1.79 bits per heavy atom. The van der Waals surface area contributed by atoms with Gasteiger partial charge in [-0.3, -0.25) is 14.4 Å². The highest BCUT2D eigenvalue weighted by Gasteiger charge is 2.60. The van der Waals surface area contributed by atoms with E-state index >= 15 is 4.39 Å². The van der Waals surface area contributed by atoms with E-state index in [1.165, 1.54) is 14.0 Å². The number of para-hydroxylation sites is 1. The molecule has 3 fully saturated rings. The fraction of sp³-hybridized carbons (Fsp3) is 0.727. The zero-order valence-corrected chi connectivity index (χ0v) is 38.8. The van der Waals surface area contributed by atoms with Gasteiger partial charge in [0.15, 0.2) is 17.7 Å². The third kappa shape index (κ3) is 9.71. The molecule has 0 bridgehead atoms. The summed E-state index contributed by atoms with van der Waals surface area (Å²) in [5.41, 5.74) is -4.18. The van der Waals surface area contributed by atoms with Gasteiger partial charge in [-0.15, -0.1) is 16.4 Å². The lowest BCUT2D eigenvalue weighted by molar-refractivity contribution is -0.295. The molecular weight excluding hydrogens is 822 g/mol. The van der Waals surface area contributed by atoms with Crippen LogP contribution in [0.15, 0.2) is 30.5 Å². The van der Waals surface area contributed by atoms with Crippen LogP contribution in [0, 0.1) is 11.8 Å². The number of ether oxygens (including phenoxy) is 5. The van der Waals surface area contributed by atoms with E-state index in [4.69, 9.17) is 23.7 Å². The number of unbranched alkanes of at least 4 members (excludes halogenated alkanes) is 1. The SMILES string of the molecule is CC[C@H]1OC(=O)C(C)(F)C(=O)[C@H](C)[C@@H](O[C@@H]2OC(C)CC(N(C)C)C2O)[C@](C)(OC)C[C@@H](C)CN[C@H](C)[C@H]2N(CCCCn3cc(-c4nc5ccccc5s4)nn3)C(=O)O[C@]12C. The highest BCUT2D eigenvalue weighted by atomic mass is 32.1. The molecule has 0 radical (unpaired) electrons. The second kappa shape index (κ2) is 19.2. The summed E-state index contributed by atoms with van der Waals surface area (Å²) in [6.07, 6.45) is -1.23. The lowest BCUT2D eigenvalue weighted by atomic mass is 9.78. The van der Waals surface area contributed by atoms with Crippen LogP contribution in [0.4, 0.5) is 9.18 Å². The van der Waals surface area contributed by atoms with Crippen LogP contribution in [-0.4, -0.2) is 153 Å². The maximum absolute atomic E-state index is 17.0. The van der Waals surface area contributed by atoms with Crippen LogP contribution >= 0.6 is 11.3 Å². The average Bonchev–Trinajstić information content (AvgIpc) is 3.95. The number of methoxy groups -OCH3 is 1. The summed E-state index contributed by atoms with van der Waals surface area (Å²) >= 11 is 1.56. The number of aryl methyl sites for hydroxylation is 1. The van der Waals surface area contributed by atoms with E-state index in [1.807, 2.05) is 70.2 Å². The van der Waals surface area contributed by atoms with Crippen LogP contribution in [0.5, 0.6) is 0 Å². The number of likely N-dealkylation sites (N-methyl/N-ethyl adjacent to an activating group) is 1. The largest absolute Gasteiger partial charge is 0.455 e. The van der Waals surface area contributed by atoms with Crippen molar-refractivity contribution in [2.75, 3.05) is 34.3 Å². The Kier molecular flexibility index (Phi) is 14.8. The van der Waals surface area contributed by atoms with Crippen molar-refractivity contribution in [3.8, 4) is 10.7 Å². The molecule has 5 heterocycles. The first-order valence-corrected chi connectivity index (χ1v) is 22.7. The van der Waals surface area contributed by atoms with E-state index in [-0.39, 0.29) is 24.5 Å². The summed E-state index contributed by atoms with van der Waals surface area (Å²) in [4.78, 5) is 50.4. The predicted octanol–water partition coefficient (Wildman–Crippen LogP) is 5.40. The Labute approximate surface area is 368 Å². The van der Waals surface area contributed by atoms with E-state index < -0.39 is 77.3 Å². The van der Waals surface area contributed by atoms with Crippen molar-refractivity contribution in [2.45, 2.75) is 160 Å². The van der Waals surface area contributed by atoms with Gasteiger partial charge in [-0.25, -0.2) is 19.0 Å². The number of aliphatic hydroxyl groups is 1. The number of aromatic nitrogens is 4. The van der Waals surface area contributed by atoms with Crippen LogP contribution in [0.2, 0.25) is 0 Å². The number of fused-ring (bicyclic) bond motifs is 2. The summed E-state index contributed by atoms with van der Waals surface area (Å²) in [5, 5.41) is 24.5. The number of rotatable bonds is 11. The normalized spacial score (nSPS) is 36.6. The fourth-order valence-electron chi connectivity index (χ4n) is 9.71. The Morgan fingerprint density at radius 1 is 1.08 bits per heavy atom. The zero-order chi connectivity index (χ0) is 45.3. The molecule has 6 rings (SSSR count). The number of cyclic esters (lactones) is 1. The molecule has 18 heteroatoms. The molecular formula is C44H66FN7O9S. The molecule has 16 nitrogen and oxygen atoms in total. The molecule has 62 heavy (non-hydrogen) atoms. The van der Waals surface area contributed by atoms with Gasteiger partial charge in [-0.2, -0.15) is 0 Å². The Bertz CT molecular complexity index is 2000. The first-order chi connectivity index (χ1) is 29.2. The van der Waals surface area contributed by atoms with Gasteiger partial charge in [-0.05, 0) is 105 Å². The molecule has 13 atom stereocenters. The number of benzene rings is 1. The molecule has 1 aromatic carbocycles.